The molecule has 1 atom stereocenters. The number of carboxylic acid groups (broad SMARTS) is 1. The van der Waals surface area contributed by atoms with Crippen molar-refractivity contribution in [2.45, 2.75) is 37.5 Å². The van der Waals surface area contributed by atoms with Gasteiger partial charge >= 0.3 is 12.1 Å². The Balaban J connectivity index is 1.91. The van der Waals surface area contributed by atoms with Gasteiger partial charge in [-0.1, -0.05) is 12.1 Å². The molecule has 0 radical (unpaired) electrons. The number of carboxylic acids is 1. The van der Waals surface area contributed by atoms with E-state index in [-0.39, 0.29) is 24.8 Å². The Morgan fingerprint density at radius 2 is 2.05 bits per heavy atom. The molecule has 116 valence electrons. The molecule has 1 aliphatic rings. The molecule has 1 fully saturated rings. The molecular weight excluding hydrogens is 287 g/mol. The minimum absolute atomic E-state index is 0.0935. The number of nitrogens with one attached hydrogen (secondary N) is 1. The molecule has 1 unspecified atom stereocenters. The van der Waals surface area contributed by atoms with Crippen molar-refractivity contribution < 1.29 is 27.8 Å². The van der Waals surface area contributed by atoms with Crippen LogP contribution in [0.2, 0.25) is 0 Å². The predicted octanol–water partition coefficient (Wildman–Crippen LogP) is 2.68. The first-order valence-corrected chi connectivity index (χ1v) is 6.66. The molecule has 0 aromatic heterocycles. The molecule has 21 heavy (non-hydrogen) atoms. The lowest BCUT2D eigenvalue weighted by molar-refractivity contribution is -0.141. The molecular formula is C14H16F3NO3. The van der Waals surface area contributed by atoms with Crippen molar-refractivity contribution in [3.05, 3.63) is 29.8 Å². The van der Waals surface area contributed by atoms with Gasteiger partial charge in [0.2, 0.25) is 0 Å². The van der Waals surface area contributed by atoms with Crippen molar-refractivity contribution in [2.75, 3.05) is 6.61 Å². The van der Waals surface area contributed by atoms with E-state index in [2.05, 4.69) is 5.32 Å². The molecule has 0 heterocycles. The Morgan fingerprint density at radius 3 is 2.62 bits per heavy atom. The highest BCUT2D eigenvalue weighted by molar-refractivity contribution is 5.73. The van der Waals surface area contributed by atoms with Crippen LogP contribution in [0.25, 0.3) is 0 Å². The number of rotatable bonds is 7. The summed E-state index contributed by atoms with van der Waals surface area (Å²) < 4.78 is 43.4. The largest absolute Gasteiger partial charge is 0.493 e. The quantitative estimate of drug-likeness (QED) is 0.813. The lowest BCUT2D eigenvalue weighted by Gasteiger charge is -2.16. The van der Waals surface area contributed by atoms with Crippen molar-refractivity contribution in [3.63, 3.8) is 0 Å². The average molecular weight is 303 g/mol. The lowest BCUT2D eigenvalue weighted by atomic mass is 10.2. The Kier molecular flexibility index (Phi) is 4.72. The van der Waals surface area contributed by atoms with Crippen LogP contribution in [-0.4, -0.2) is 29.8 Å². The van der Waals surface area contributed by atoms with Gasteiger partial charge in [-0.15, -0.1) is 0 Å². The Bertz CT molecular complexity index is 500. The maximum Gasteiger partial charge on any atom is 0.419 e. The Hall–Kier alpha value is -1.76. The zero-order valence-corrected chi connectivity index (χ0v) is 11.2. The fourth-order valence-electron chi connectivity index (χ4n) is 1.93. The highest BCUT2D eigenvalue weighted by Crippen LogP contribution is 2.35. The van der Waals surface area contributed by atoms with Gasteiger partial charge < -0.3 is 15.2 Å². The Labute approximate surface area is 119 Å². The molecule has 1 aromatic carbocycles. The lowest BCUT2D eigenvalue weighted by Crippen LogP contribution is -2.39. The highest BCUT2D eigenvalue weighted by Gasteiger charge is 2.34. The third-order valence-corrected chi connectivity index (χ3v) is 3.17. The number of para-hydroxylation sites is 1. The van der Waals surface area contributed by atoms with E-state index in [0.29, 0.717) is 0 Å². The molecule has 2 rings (SSSR count). The molecule has 0 saturated heterocycles. The maximum absolute atomic E-state index is 12.8. The number of alkyl halides is 3. The van der Waals surface area contributed by atoms with Crippen molar-refractivity contribution >= 4 is 5.97 Å². The van der Waals surface area contributed by atoms with Gasteiger partial charge in [0.15, 0.2) is 0 Å². The van der Waals surface area contributed by atoms with Crippen LogP contribution in [0.5, 0.6) is 5.75 Å². The summed E-state index contributed by atoms with van der Waals surface area (Å²) in [6.45, 7) is -0.0935. The van der Waals surface area contributed by atoms with Crippen molar-refractivity contribution in [3.8, 4) is 5.75 Å². The number of hydrogen-bond acceptors (Lipinski definition) is 3. The first-order chi connectivity index (χ1) is 9.88. The van der Waals surface area contributed by atoms with E-state index in [9.17, 15) is 18.0 Å². The van der Waals surface area contributed by atoms with Crippen molar-refractivity contribution in [1.29, 1.82) is 0 Å². The van der Waals surface area contributed by atoms with Crippen molar-refractivity contribution in [2.24, 2.45) is 0 Å². The number of benzene rings is 1. The summed E-state index contributed by atoms with van der Waals surface area (Å²) in [6, 6.07) is 4.30. The summed E-state index contributed by atoms with van der Waals surface area (Å²) in [6.07, 6.45) is -2.52. The summed E-state index contributed by atoms with van der Waals surface area (Å²) in [5.41, 5.74) is -0.855. The van der Waals surface area contributed by atoms with Crippen LogP contribution in [0.3, 0.4) is 0 Å². The van der Waals surface area contributed by atoms with Crippen LogP contribution in [0.1, 0.15) is 24.8 Å². The van der Waals surface area contributed by atoms with E-state index >= 15 is 0 Å². The summed E-state index contributed by atoms with van der Waals surface area (Å²) >= 11 is 0. The van der Waals surface area contributed by atoms with Crippen LogP contribution < -0.4 is 10.1 Å². The van der Waals surface area contributed by atoms with Gasteiger partial charge in [-0.25, -0.2) is 0 Å². The maximum atomic E-state index is 12.8. The topological polar surface area (TPSA) is 58.6 Å². The van der Waals surface area contributed by atoms with E-state index in [1.54, 1.807) is 0 Å². The smallest absolute Gasteiger partial charge is 0.419 e. The molecule has 0 spiro atoms. The van der Waals surface area contributed by atoms with Crippen LogP contribution in [-0.2, 0) is 11.0 Å². The van der Waals surface area contributed by atoms with E-state index in [1.165, 1.54) is 18.2 Å². The van der Waals surface area contributed by atoms with Crippen LogP contribution in [0.15, 0.2) is 24.3 Å². The zero-order valence-electron chi connectivity index (χ0n) is 11.2. The monoisotopic (exact) mass is 303 g/mol. The summed E-state index contributed by atoms with van der Waals surface area (Å²) in [5, 5.41) is 12.0. The van der Waals surface area contributed by atoms with E-state index in [1.807, 2.05) is 0 Å². The molecule has 1 aliphatic carbocycles. The van der Waals surface area contributed by atoms with Crippen LogP contribution >= 0.6 is 0 Å². The molecule has 0 bridgehead atoms. The number of hydrogen-bond donors (Lipinski definition) is 2. The number of aliphatic carboxylic acids is 1. The minimum atomic E-state index is -4.49. The molecule has 0 aliphatic heterocycles. The highest BCUT2D eigenvalue weighted by atomic mass is 19.4. The fourth-order valence-corrected chi connectivity index (χ4v) is 1.93. The first kappa shape index (κ1) is 15.6. The number of halogens is 3. The molecule has 2 N–H and O–H groups in total. The standard InChI is InChI=1S/C14H16F3NO3/c15-14(16,17)10-3-1-2-4-12(10)21-8-7-11(13(19)20)18-9-5-6-9/h1-4,9,11,18H,5-8H2,(H,19,20). The third-order valence-electron chi connectivity index (χ3n) is 3.17. The summed E-state index contributed by atoms with van der Waals surface area (Å²) in [4.78, 5) is 11.0. The Morgan fingerprint density at radius 1 is 1.38 bits per heavy atom. The van der Waals surface area contributed by atoms with Gasteiger partial charge in [0.25, 0.3) is 0 Å². The average Bonchev–Trinajstić information content (AvgIpc) is 3.20. The van der Waals surface area contributed by atoms with E-state index in [4.69, 9.17) is 9.84 Å². The second-order valence-electron chi connectivity index (χ2n) is 4.96. The number of ether oxygens (including phenoxy) is 1. The summed E-state index contributed by atoms with van der Waals surface area (Å²) in [5.74, 6) is -1.30. The number of carbonyl (C=O) groups is 1. The van der Waals surface area contributed by atoms with E-state index in [0.717, 1.165) is 18.9 Å². The van der Waals surface area contributed by atoms with Gasteiger partial charge in [0, 0.05) is 12.5 Å². The summed E-state index contributed by atoms with van der Waals surface area (Å²) in [7, 11) is 0. The molecule has 0 amide bonds. The fraction of sp³-hybridized carbons (Fsp3) is 0.500. The van der Waals surface area contributed by atoms with E-state index < -0.39 is 23.8 Å². The van der Waals surface area contributed by atoms with Gasteiger partial charge in [-0.2, -0.15) is 13.2 Å². The normalized spacial score (nSPS) is 16.5. The van der Waals surface area contributed by atoms with Gasteiger partial charge in [-0.05, 0) is 25.0 Å². The third kappa shape index (κ3) is 4.63. The minimum Gasteiger partial charge on any atom is -0.493 e. The SMILES string of the molecule is O=C(O)C(CCOc1ccccc1C(F)(F)F)NC1CC1. The molecule has 1 saturated carbocycles. The van der Waals surface area contributed by atoms with Crippen LogP contribution in [0.4, 0.5) is 13.2 Å². The van der Waals surface area contributed by atoms with Gasteiger partial charge in [0.05, 0.1) is 12.2 Å². The second-order valence-corrected chi connectivity index (χ2v) is 4.96. The van der Waals surface area contributed by atoms with Gasteiger partial charge in [0.1, 0.15) is 11.8 Å². The first-order valence-electron chi connectivity index (χ1n) is 6.66. The predicted molar refractivity (Wildman–Crippen MR) is 69.1 cm³/mol. The molecule has 4 nitrogen and oxygen atoms in total. The zero-order chi connectivity index (χ0) is 15.5. The van der Waals surface area contributed by atoms with Crippen molar-refractivity contribution in [1.82, 2.24) is 5.32 Å². The second kappa shape index (κ2) is 6.34. The van der Waals surface area contributed by atoms with Gasteiger partial charge in [-0.3, -0.25) is 4.79 Å². The molecule has 1 aromatic rings. The molecule has 7 heteroatoms. The van der Waals surface area contributed by atoms with Crippen LogP contribution in [0, 0.1) is 0 Å².